The molecule has 0 spiro atoms. The first-order chi connectivity index (χ1) is 11.4. The van der Waals surface area contributed by atoms with E-state index in [0.29, 0.717) is 24.2 Å². The Bertz CT molecular complexity index is 807. The highest BCUT2D eigenvalue weighted by Gasteiger charge is 2.15. The van der Waals surface area contributed by atoms with Crippen LogP contribution in [0, 0.1) is 0 Å². The minimum absolute atomic E-state index is 0.00664. The third-order valence-corrected chi connectivity index (χ3v) is 5.05. The highest BCUT2D eigenvalue weighted by atomic mass is 79.9. The van der Waals surface area contributed by atoms with Gasteiger partial charge in [-0.1, -0.05) is 22.0 Å². The van der Waals surface area contributed by atoms with Crippen LogP contribution in [0.4, 0.5) is 5.69 Å². The summed E-state index contributed by atoms with van der Waals surface area (Å²) in [5.41, 5.74) is 0.636. The van der Waals surface area contributed by atoms with E-state index in [9.17, 15) is 13.2 Å². The number of benzene rings is 2. The molecule has 0 heterocycles. The number of hydrogen-bond acceptors (Lipinski definition) is 4. The first-order valence-corrected chi connectivity index (χ1v) is 9.47. The predicted octanol–water partition coefficient (Wildman–Crippen LogP) is 2.36. The van der Waals surface area contributed by atoms with Gasteiger partial charge in [-0.15, -0.1) is 0 Å². The Morgan fingerprint density at radius 2 is 1.83 bits per heavy atom. The second-order valence-electron chi connectivity index (χ2n) is 4.97. The maximum atomic E-state index is 12.4. The molecule has 0 aliphatic rings. The second-order valence-corrected chi connectivity index (χ2v) is 7.57. The number of carbonyl (C=O) groups excluding carboxylic acids is 1. The van der Waals surface area contributed by atoms with Crippen molar-refractivity contribution in [1.29, 1.82) is 0 Å². The van der Waals surface area contributed by atoms with E-state index < -0.39 is 10.0 Å². The van der Waals surface area contributed by atoms with Gasteiger partial charge in [0.25, 0.3) is 15.9 Å². The summed E-state index contributed by atoms with van der Waals surface area (Å²) in [6, 6.07) is 12.5. The van der Waals surface area contributed by atoms with Crippen molar-refractivity contribution in [1.82, 2.24) is 5.32 Å². The summed E-state index contributed by atoms with van der Waals surface area (Å²) >= 11 is 3.25. The van der Waals surface area contributed by atoms with Gasteiger partial charge in [0.2, 0.25) is 0 Å². The molecule has 6 nitrogen and oxygen atoms in total. The molecule has 2 aromatic carbocycles. The van der Waals surface area contributed by atoms with Crippen LogP contribution in [0.15, 0.2) is 57.9 Å². The lowest BCUT2D eigenvalue weighted by molar-refractivity contribution is 0.0951. The molecule has 1 amide bonds. The number of aliphatic hydroxyl groups is 1. The molecule has 0 aliphatic carbocycles. The first kappa shape index (κ1) is 18.4. The summed E-state index contributed by atoms with van der Waals surface area (Å²) in [5, 5.41) is 11.4. The summed E-state index contributed by atoms with van der Waals surface area (Å²) in [6.45, 7) is 0.345. The van der Waals surface area contributed by atoms with Gasteiger partial charge in [0, 0.05) is 28.9 Å². The molecular weight excluding hydrogens is 396 g/mol. The largest absolute Gasteiger partial charge is 0.396 e. The van der Waals surface area contributed by atoms with E-state index >= 15 is 0 Å². The molecule has 0 saturated heterocycles. The van der Waals surface area contributed by atoms with Crippen LogP contribution < -0.4 is 10.0 Å². The van der Waals surface area contributed by atoms with Crippen molar-refractivity contribution < 1.29 is 18.3 Å². The lowest BCUT2D eigenvalue weighted by Gasteiger charge is -2.10. The van der Waals surface area contributed by atoms with Crippen molar-refractivity contribution in [2.45, 2.75) is 11.3 Å². The maximum absolute atomic E-state index is 12.4. The number of sulfonamides is 1. The Labute approximate surface area is 149 Å². The summed E-state index contributed by atoms with van der Waals surface area (Å²) in [5.74, 6) is -0.326. The minimum Gasteiger partial charge on any atom is -0.396 e. The molecular formula is C16H17BrN2O4S. The van der Waals surface area contributed by atoms with Crippen molar-refractivity contribution in [3.63, 3.8) is 0 Å². The van der Waals surface area contributed by atoms with Crippen LogP contribution in [0.25, 0.3) is 0 Å². The fourth-order valence-corrected chi connectivity index (χ4v) is 3.25. The number of anilines is 1. The van der Waals surface area contributed by atoms with Crippen molar-refractivity contribution >= 4 is 37.5 Å². The number of carbonyl (C=O) groups is 1. The second kappa shape index (κ2) is 8.27. The lowest BCUT2D eigenvalue weighted by Crippen LogP contribution is -2.25. The molecule has 0 aromatic heterocycles. The summed E-state index contributed by atoms with van der Waals surface area (Å²) in [7, 11) is -3.73. The van der Waals surface area contributed by atoms with Gasteiger partial charge >= 0.3 is 0 Å². The molecule has 24 heavy (non-hydrogen) atoms. The number of aliphatic hydroxyl groups excluding tert-OH is 1. The molecule has 8 heteroatoms. The zero-order chi connectivity index (χ0) is 17.6. The van der Waals surface area contributed by atoms with Crippen LogP contribution in [-0.4, -0.2) is 32.6 Å². The van der Waals surface area contributed by atoms with Gasteiger partial charge in [0.05, 0.1) is 4.90 Å². The van der Waals surface area contributed by atoms with E-state index in [2.05, 4.69) is 26.0 Å². The molecule has 0 atom stereocenters. The van der Waals surface area contributed by atoms with Crippen molar-refractivity contribution in [2.75, 3.05) is 17.9 Å². The normalized spacial score (nSPS) is 11.1. The Morgan fingerprint density at radius 3 is 2.50 bits per heavy atom. The van der Waals surface area contributed by atoms with Crippen molar-refractivity contribution in [3.05, 3.63) is 58.6 Å². The molecule has 0 bridgehead atoms. The third-order valence-electron chi connectivity index (χ3n) is 3.12. The van der Waals surface area contributed by atoms with Crippen LogP contribution >= 0.6 is 15.9 Å². The molecule has 128 valence electrons. The topological polar surface area (TPSA) is 95.5 Å². The molecule has 0 unspecified atom stereocenters. The third kappa shape index (κ3) is 5.05. The SMILES string of the molecule is O=C(NCCCO)c1cccc(NS(=O)(=O)c2ccc(Br)cc2)c1. The number of amides is 1. The summed E-state index contributed by atoms with van der Waals surface area (Å²) in [4.78, 5) is 12.1. The standard InChI is InChI=1S/C16H17BrN2O4S/c17-13-5-7-15(8-6-13)24(22,23)19-14-4-1-3-12(11-14)16(21)18-9-2-10-20/h1,3-8,11,19-20H,2,9-10H2,(H,18,21). The monoisotopic (exact) mass is 412 g/mol. The van der Waals surface area contributed by atoms with E-state index in [1.165, 1.54) is 18.2 Å². The van der Waals surface area contributed by atoms with Crippen LogP contribution in [-0.2, 0) is 10.0 Å². The molecule has 2 aromatic rings. The molecule has 0 aliphatic heterocycles. The Morgan fingerprint density at radius 1 is 1.12 bits per heavy atom. The lowest BCUT2D eigenvalue weighted by atomic mass is 10.2. The summed E-state index contributed by atoms with van der Waals surface area (Å²) < 4.78 is 27.9. The highest BCUT2D eigenvalue weighted by molar-refractivity contribution is 9.10. The van der Waals surface area contributed by atoms with E-state index in [-0.39, 0.29) is 17.4 Å². The Balaban J connectivity index is 2.14. The Hall–Kier alpha value is -1.90. The number of nitrogens with one attached hydrogen (secondary N) is 2. The fourth-order valence-electron chi connectivity index (χ4n) is 1.93. The molecule has 2 rings (SSSR count). The van der Waals surface area contributed by atoms with Gasteiger partial charge in [-0.05, 0) is 48.9 Å². The van der Waals surface area contributed by atoms with E-state index in [1.54, 1.807) is 30.3 Å². The van der Waals surface area contributed by atoms with Crippen molar-refractivity contribution in [3.8, 4) is 0 Å². The fraction of sp³-hybridized carbons (Fsp3) is 0.188. The van der Waals surface area contributed by atoms with E-state index in [0.717, 1.165) is 4.47 Å². The maximum Gasteiger partial charge on any atom is 0.261 e. The van der Waals surface area contributed by atoms with Crippen LogP contribution in [0.3, 0.4) is 0 Å². The van der Waals surface area contributed by atoms with Crippen LogP contribution in [0.2, 0.25) is 0 Å². The molecule has 0 saturated carbocycles. The van der Waals surface area contributed by atoms with Crippen molar-refractivity contribution in [2.24, 2.45) is 0 Å². The highest BCUT2D eigenvalue weighted by Crippen LogP contribution is 2.19. The first-order valence-electron chi connectivity index (χ1n) is 7.20. The van der Waals surface area contributed by atoms with Gasteiger partial charge in [-0.25, -0.2) is 8.42 Å². The number of rotatable bonds is 7. The molecule has 0 radical (unpaired) electrons. The zero-order valence-corrected chi connectivity index (χ0v) is 15.1. The zero-order valence-electron chi connectivity index (χ0n) is 12.7. The van der Waals surface area contributed by atoms with Crippen LogP contribution in [0.5, 0.6) is 0 Å². The number of hydrogen-bond donors (Lipinski definition) is 3. The summed E-state index contributed by atoms with van der Waals surface area (Å²) in [6.07, 6.45) is 0.460. The van der Waals surface area contributed by atoms with Gasteiger partial charge in [-0.3, -0.25) is 9.52 Å². The van der Waals surface area contributed by atoms with E-state index in [4.69, 9.17) is 5.11 Å². The average Bonchev–Trinajstić information content (AvgIpc) is 2.55. The molecule has 3 N–H and O–H groups in total. The smallest absolute Gasteiger partial charge is 0.261 e. The average molecular weight is 413 g/mol. The van der Waals surface area contributed by atoms with E-state index in [1.807, 2.05) is 0 Å². The minimum atomic E-state index is -3.73. The predicted molar refractivity (Wildman–Crippen MR) is 95.4 cm³/mol. The van der Waals surface area contributed by atoms with Gasteiger partial charge in [0.15, 0.2) is 0 Å². The van der Waals surface area contributed by atoms with Crippen LogP contribution in [0.1, 0.15) is 16.8 Å². The quantitative estimate of drug-likeness (QED) is 0.608. The van der Waals surface area contributed by atoms with Gasteiger partial charge < -0.3 is 10.4 Å². The molecule has 0 fully saturated rings. The Kier molecular flexibility index (Phi) is 6.36. The van der Waals surface area contributed by atoms with Gasteiger partial charge in [0.1, 0.15) is 0 Å². The number of halogens is 1. The van der Waals surface area contributed by atoms with Gasteiger partial charge in [-0.2, -0.15) is 0 Å².